The normalized spacial score (nSPS) is 13.6. The molecule has 0 aliphatic carbocycles. The number of hydrogen-bond donors (Lipinski definition) is 1. The van der Waals surface area contributed by atoms with Gasteiger partial charge in [0.05, 0.1) is 5.75 Å². The van der Waals surface area contributed by atoms with Gasteiger partial charge in [0.25, 0.3) is 0 Å². The number of halogens is 2. The summed E-state index contributed by atoms with van der Waals surface area (Å²) in [5.74, 6) is -0.0488. The van der Waals surface area contributed by atoms with Crippen molar-refractivity contribution in [3.05, 3.63) is 59.9 Å². The number of amides is 1. The molecule has 0 bridgehead atoms. The average Bonchev–Trinajstić information content (AvgIpc) is 2.97. The van der Waals surface area contributed by atoms with E-state index >= 15 is 0 Å². The predicted octanol–water partition coefficient (Wildman–Crippen LogP) is 4.68. The van der Waals surface area contributed by atoms with Gasteiger partial charge in [0.15, 0.2) is 17.5 Å². The molecule has 1 N–H and O–H groups in total. The number of aromatic nitrogens is 3. The van der Waals surface area contributed by atoms with Gasteiger partial charge in [-0.3, -0.25) is 4.79 Å². The van der Waals surface area contributed by atoms with Crippen molar-refractivity contribution in [3.63, 3.8) is 0 Å². The van der Waals surface area contributed by atoms with Crippen molar-refractivity contribution >= 4 is 23.4 Å². The third kappa shape index (κ3) is 4.64. The largest absolute Gasteiger partial charge is 0.325 e. The molecule has 2 aromatic carbocycles. The van der Waals surface area contributed by atoms with E-state index in [4.69, 9.17) is 0 Å². The molecule has 0 atom stereocenters. The van der Waals surface area contributed by atoms with Crippen LogP contribution < -0.4 is 5.32 Å². The van der Waals surface area contributed by atoms with Crippen LogP contribution in [0.15, 0.2) is 47.4 Å². The highest BCUT2D eigenvalue weighted by molar-refractivity contribution is 8.00. The van der Waals surface area contributed by atoms with Gasteiger partial charge in [0.2, 0.25) is 5.91 Å². The molecule has 0 spiro atoms. The number of hydrogen-bond acceptors (Lipinski definition) is 4. The Morgan fingerprint density at radius 3 is 2.66 bits per heavy atom. The highest BCUT2D eigenvalue weighted by Crippen LogP contribution is 2.24. The molecular weight excluding hydrogens is 394 g/mol. The van der Waals surface area contributed by atoms with Gasteiger partial charge in [-0.15, -0.1) is 22.0 Å². The van der Waals surface area contributed by atoms with Crippen LogP contribution in [0.25, 0.3) is 11.4 Å². The molecular formula is C21H20F2N4OS. The van der Waals surface area contributed by atoms with Gasteiger partial charge in [-0.05, 0) is 55.3 Å². The molecule has 4 rings (SSSR count). The fourth-order valence-electron chi connectivity index (χ4n) is 3.31. The molecule has 0 saturated carbocycles. The van der Waals surface area contributed by atoms with Crippen LogP contribution in [0, 0.1) is 11.6 Å². The maximum atomic E-state index is 13.2. The Balaban J connectivity index is 1.37. The topological polar surface area (TPSA) is 59.8 Å². The van der Waals surface area contributed by atoms with Gasteiger partial charge >= 0.3 is 0 Å². The van der Waals surface area contributed by atoms with E-state index in [9.17, 15) is 13.6 Å². The molecule has 0 unspecified atom stereocenters. The van der Waals surface area contributed by atoms with Crippen molar-refractivity contribution in [2.45, 2.75) is 37.1 Å². The van der Waals surface area contributed by atoms with Crippen molar-refractivity contribution in [1.82, 2.24) is 14.8 Å². The number of benzene rings is 2. The summed E-state index contributed by atoms with van der Waals surface area (Å²) in [5.41, 5.74) is 1.63. The van der Waals surface area contributed by atoms with Crippen LogP contribution in [0.5, 0.6) is 0 Å². The Morgan fingerprint density at radius 2 is 1.86 bits per heavy atom. The van der Waals surface area contributed by atoms with Crippen LogP contribution in [-0.2, 0) is 17.8 Å². The zero-order chi connectivity index (χ0) is 20.2. The Morgan fingerprint density at radius 1 is 1.03 bits per heavy atom. The summed E-state index contributed by atoms with van der Waals surface area (Å²) in [5, 5.41) is 11.5. The van der Waals surface area contributed by atoms with Crippen molar-refractivity contribution in [1.29, 1.82) is 0 Å². The van der Waals surface area contributed by atoms with E-state index in [0.717, 1.165) is 66.9 Å². The molecule has 0 fully saturated rings. The second-order valence-electron chi connectivity index (χ2n) is 6.89. The van der Waals surface area contributed by atoms with Crippen molar-refractivity contribution < 1.29 is 13.6 Å². The Bertz CT molecular complexity index is 1020. The lowest BCUT2D eigenvalue weighted by molar-refractivity contribution is -0.113. The summed E-state index contributed by atoms with van der Waals surface area (Å²) < 4.78 is 28.4. The molecule has 1 amide bonds. The van der Waals surface area contributed by atoms with Crippen molar-refractivity contribution in [3.8, 4) is 11.4 Å². The first kappa shape index (κ1) is 19.6. The monoisotopic (exact) mass is 414 g/mol. The van der Waals surface area contributed by atoms with Gasteiger partial charge in [-0.25, -0.2) is 8.78 Å². The summed E-state index contributed by atoms with van der Waals surface area (Å²) in [6.07, 6.45) is 4.43. The van der Waals surface area contributed by atoms with Crippen LogP contribution in [0.1, 0.15) is 25.1 Å². The Hall–Kier alpha value is -2.74. The number of carbonyl (C=O) groups excluding carboxylic acids is 1. The Kier molecular flexibility index (Phi) is 5.89. The molecule has 8 heteroatoms. The van der Waals surface area contributed by atoms with E-state index in [-0.39, 0.29) is 11.7 Å². The molecule has 3 aromatic rings. The number of anilines is 1. The number of fused-ring (bicyclic) bond motifs is 1. The third-order valence-corrected chi connectivity index (χ3v) is 5.79. The predicted molar refractivity (Wildman–Crippen MR) is 109 cm³/mol. The first-order valence-corrected chi connectivity index (χ1v) is 10.5. The van der Waals surface area contributed by atoms with Crippen LogP contribution >= 0.6 is 11.8 Å². The maximum Gasteiger partial charge on any atom is 0.234 e. The molecule has 1 aromatic heterocycles. The first-order chi connectivity index (χ1) is 14.1. The molecule has 2 heterocycles. The van der Waals surface area contributed by atoms with E-state index in [1.807, 2.05) is 24.3 Å². The summed E-state index contributed by atoms with van der Waals surface area (Å²) in [7, 11) is 0. The SMILES string of the molecule is O=C(CSc1ccc(F)c(F)c1)Nc1ccc(-c2nnc3n2CCCCC3)cc1. The minimum atomic E-state index is -0.919. The fraction of sp³-hybridized carbons (Fsp3) is 0.286. The van der Waals surface area contributed by atoms with Gasteiger partial charge < -0.3 is 9.88 Å². The minimum absolute atomic E-state index is 0.102. The highest BCUT2D eigenvalue weighted by atomic mass is 32.2. The van der Waals surface area contributed by atoms with Crippen molar-refractivity contribution in [2.75, 3.05) is 11.1 Å². The van der Waals surface area contributed by atoms with E-state index in [1.54, 1.807) is 0 Å². The smallest absolute Gasteiger partial charge is 0.234 e. The second kappa shape index (κ2) is 8.73. The van der Waals surface area contributed by atoms with Crippen molar-refractivity contribution in [2.24, 2.45) is 0 Å². The fourth-order valence-corrected chi connectivity index (χ4v) is 4.03. The average molecular weight is 414 g/mol. The number of rotatable bonds is 5. The zero-order valence-electron chi connectivity index (χ0n) is 15.7. The standard InChI is InChI=1S/C21H20F2N4OS/c22-17-10-9-16(12-18(17)23)29-13-20(28)24-15-7-5-14(6-8-15)21-26-25-19-4-2-1-3-11-27(19)21/h5-10,12H,1-4,11,13H2,(H,24,28). The summed E-state index contributed by atoms with van der Waals surface area (Å²) in [4.78, 5) is 12.7. The van der Waals surface area contributed by atoms with E-state index < -0.39 is 11.6 Å². The number of thioether (sulfide) groups is 1. The molecule has 1 aliphatic heterocycles. The first-order valence-electron chi connectivity index (χ1n) is 9.50. The molecule has 0 radical (unpaired) electrons. The molecule has 0 saturated heterocycles. The number of aryl methyl sites for hydroxylation is 1. The van der Waals surface area contributed by atoms with Gasteiger partial charge in [0.1, 0.15) is 5.82 Å². The minimum Gasteiger partial charge on any atom is -0.325 e. The highest BCUT2D eigenvalue weighted by Gasteiger charge is 2.16. The molecule has 1 aliphatic rings. The van der Waals surface area contributed by atoms with Crippen LogP contribution in [-0.4, -0.2) is 26.4 Å². The van der Waals surface area contributed by atoms with E-state index in [2.05, 4.69) is 20.1 Å². The Labute approximate surface area is 171 Å². The lowest BCUT2D eigenvalue weighted by Crippen LogP contribution is -2.13. The molecule has 29 heavy (non-hydrogen) atoms. The van der Waals surface area contributed by atoms with E-state index in [0.29, 0.717) is 10.6 Å². The zero-order valence-corrected chi connectivity index (χ0v) is 16.5. The summed E-state index contributed by atoms with van der Waals surface area (Å²) in [6, 6.07) is 11.1. The lowest BCUT2D eigenvalue weighted by Gasteiger charge is -2.09. The van der Waals surface area contributed by atoms with Crippen LogP contribution in [0.4, 0.5) is 14.5 Å². The van der Waals surface area contributed by atoms with E-state index in [1.165, 1.54) is 12.5 Å². The summed E-state index contributed by atoms with van der Waals surface area (Å²) >= 11 is 1.15. The van der Waals surface area contributed by atoms with Crippen LogP contribution in [0.3, 0.4) is 0 Å². The van der Waals surface area contributed by atoms with Gasteiger partial charge in [-0.1, -0.05) is 6.42 Å². The lowest BCUT2D eigenvalue weighted by atomic mass is 10.2. The summed E-state index contributed by atoms with van der Waals surface area (Å²) in [6.45, 7) is 0.928. The molecule has 150 valence electrons. The quantitative estimate of drug-likeness (QED) is 0.616. The number of carbonyl (C=O) groups is 1. The van der Waals surface area contributed by atoms with Crippen LogP contribution in [0.2, 0.25) is 0 Å². The van der Waals surface area contributed by atoms with Gasteiger partial charge in [-0.2, -0.15) is 0 Å². The third-order valence-electron chi connectivity index (χ3n) is 4.80. The molecule has 5 nitrogen and oxygen atoms in total. The number of nitrogens with one attached hydrogen (secondary N) is 1. The van der Waals surface area contributed by atoms with Gasteiger partial charge in [0, 0.05) is 29.1 Å². The number of nitrogens with zero attached hydrogens (tertiary/aromatic N) is 3. The maximum absolute atomic E-state index is 13.2. The second-order valence-corrected chi connectivity index (χ2v) is 7.94.